The molecule has 2 N–H and O–H groups in total. The van der Waals surface area contributed by atoms with Crippen molar-refractivity contribution in [2.24, 2.45) is 5.73 Å². The third-order valence-corrected chi connectivity index (χ3v) is 6.47. The quantitative estimate of drug-likeness (QED) is 0.613. The molecule has 0 spiro atoms. The molecule has 35 heavy (non-hydrogen) atoms. The second-order valence-electron chi connectivity index (χ2n) is 8.60. The number of fused-ring (bicyclic) bond motifs is 1. The molecular weight excluding hydrogens is 448 g/mol. The van der Waals surface area contributed by atoms with Gasteiger partial charge < -0.3 is 29.2 Å². The fourth-order valence-electron chi connectivity index (χ4n) is 4.71. The Morgan fingerprint density at radius 3 is 2.66 bits per heavy atom. The Balaban J connectivity index is 1.73. The predicted octanol–water partition coefficient (Wildman–Crippen LogP) is 2.50. The lowest BCUT2D eigenvalue weighted by Gasteiger charge is -2.28. The molecule has 0 unspecified atom stereocenters. The van der Waals surface area contributed by atoms with Crippen molar-refractivity contribution in [3.63, 3.8) is 0 Å². The zero-order valence-electron chi connectivity index (χ0n) is 20.5. The number of morpholine rings is 1. The van der Waals surface area contributed by atoms with Crippen LogP contribution in [0.1, 0.15) is 36.1 Å². The van der Waals surface area contributed by atoms with E-state index < -0.39 is 5.92 Å². The van der Waals surface area contributed by atoms with Crippen LogP contribution >= 0.6 is 0 Å². The molecule has 2 aromatic rings. The lowest BCUT2D eigenvalue weighted by molar-refractivity contribution is 0.0369. The summed E-state index contributed by atoms with van der Waals surface area (Å²) in [6.45, 7) is 9.01. The van der Waals surface area contributed by atoms with E-state index in [4.69, 9.17) is 24.7 Å². The smallest absolute Gasteiger partial charge is 0.258 e. The minimum atomic E-state index is -0.674. The molecule has 0 saturated carbocycles. The second kappa shape index (κ2) is 10.8. The number of hydrogen-bond acceptors (Lipinski definition) is 8. The molecule has 0 aliphatic carbocycles. The Bertz CT molecular complexity index is 1210. The number of nitriles is 1. The van der Waals surface area contributed by atoms with Crippen molar-refractivity contribution in [2.75, 3.05) is 46.6 Å². The first-order valence-corrected chi connectivity index (χ1v) is 11.9. The maximum absolute atomic E-state index is 13.8. The standard InChI is InChI=1S/C26H32N4O5/c1-4-34-20-7-6-18(15-21(20)32-3)23-19(16-27)25(28)35-22-14-17(2)30(26(31)24(22)23)9-5-8-29-10-12-33-13-11-29/h6-7,14-15,23H,4-5,8-13,28H2,1-3H3/t23-/m1/s1. The van der Waals surface area contributed by atoms with Crippen LogP contribution in [0.3, 0.4) is 0 Å². The van der Waals surface area contributed by atoms with Gasteiger partial charge in [0.25, 0.3) is 5.56 Å². The third kappa shape index (κ3) is 4.99. The summed E-state index contributed by atoms with van der Waals surface area (Å²) in [4.78, 5) is 16.2. The Morgan fingerprint density at radius 2 is 1.97 bits per heavy atom. The molecule has 3 heterocycles. The first-order chi connectivity index (χ1) is 17.0. The average Bonchev–Trinajstić information content (AvgIpc) is 2.86. The second-order valence-corrected chi connectivity index (χ2v) is 8.60. The number of nitrogens with zero attached hydrogens (tertiary/aromatic N) is 3. The van der Waals surface area contributed by atoms with Gasteiger partial charge in [0.2, 0.25) is 5.88 Å². The van der Waals surface area contributed by atoms with E-state index in [0.29, 0.717) is 41.5 Å². The molecule has 1 aromatic carbocycles. The zero-order valence-corrected chi connectivity index (χ0v) is 20.5. The number of aromatic nitrogens is 1. The minimum Gasteiger partial charge on any atom is -0.493 e. The lowest BCUT2D eigenvalue weighted by atomic mass is 9.84. The summed E-state index contributed by atoms with van der Waals surface area (Å²) in [5, 5.41) is 9.94. The van der Waals surface area contributed by atoms with Gasteiger partial charge in [0.05, 0.1) is 38.4 Å². The average molecular weight is 481 g/mol. The first-order valence-electron chi connectivity index (χ1n) is 11.9. The normalized spacial score (nSPS) is 17.9. The van der Waals surface area contributed by atoms with E-state index >= 15 is 0 Å². The largest absolute Gasteiger partial charge is 0.493 e. The third-order valence-electron chi connectivity index (χ3n) is 6.47. The van der Waals surface area contributed by atoms with Crippen LogP contribution in [0.15, 0.2) is 40.5 Å². The number of allylic oxidation sites excluding steroid dienone is 1. The lowest BCUT2D eigenvalue weighted by Crippen LogP contribution is -2.38. The molecule has 2 aliphatic rings. The predicted molar refractivity (Wildman–Crippen MR) is 131 cm³/mol. The summed E-state index contributed by atoms with van der Waals surface area (Å²) in [6.07, 6.45) is 0.824. The number of benzene rings is 1. The SMILES string of the molecule is CCOc1ccc([C@@H]2C(C#N)=C(N)Oc3cc(C)n(CCCN4CCOCC4)c(=O)c32)cc1OC. The highest BCUT2D eigenvalue weighted by molar-refractivity contribution is 5.57. The minimum absolute atomic E-state index is 0.00159. The van der Waals surface area contributed by atoms with Crippen molar-refractivity contribution in [3.05, 3.63) is 62.9 Å². The van der Waals surface area contributed by atoms with Gasteiger partial charge in [-0.2, -0.15) is 5.26 Å². The van der Waals surface area contributed by atoms with Crippen LogP contribution < -0.4 is 25.5 Å². The molecule has 2 aliphatic heterocycles. The van der Waals surface area contributed by atoms with Gasteiger partial charge in [-0.3, -0.25) is 9.69 Å². The molecule has 4 rings (SSSR count). The monoisotopic (exact) mass is 480 g/mol. The number of hydrogen-bond donors (Lipinski definition) is 1. The van der Waals surface area contributed by atoms with Gasteiger partial charge >= 0.3 is 0 Å². The van der Waals surface area contributed by atoms with Gasteiger partial charge in [-0.25, -0.2) is 0 Å². The Labute approximate surface area is 205 Å². The Kier molecular flexibility index (Phi) is 7.63. The van der Waals surface area contributed by atoms with Crippen molar-refractivity contribution in [3.8, 4) is 23.3 Å². The fourth-order valence-corrected chi connectivity index (χ4v) is 4.71. The highest BCUT2D eigenvalue weighted by Gasteiger charge is 2.35. The molecule has 1 aromatic heterocycles. The van der Waals surface area contributed by atoms with Gasteiger partial charge in [0.1, 0.15) is 17.4 Å². The van der Waals surface area contributed by atoms with Gasteiger partial charge in [0.15, 0.2) is 11.5 Å². The van der Waals surface area contributed by atoms with Crippen molar-refractivity contribution in [1.29, 1.82) is 5.26 Å². The van der Waals surface area contributed by atoms with Crippen LogP contribution in [0.25, 0.3) is 0 Å². The number of pyridine rings is 1. The van der Waals surface area contributed by atoms with Crippen LogP contribution in [-0.2, 0) is 11.3 Å². The number of ether oxygens (including phenoxy) is 4. The van der Waals surface area contributed by atoms with E-state index in [1.807, 2.05) is 26.0 Å². The van der Waals surface area contributed by atoms with Gasteiger partial charge in [-0.05, 0) is 38.0 Å². The zero-order chi connectivity index (χ0) is 24.9. The molecule has 0 bridgehead atoms. The van der Waals surface area contributed by atoms with E-state index in [9.17, 15) is 10.1 Å². The Hall–Kier alpha value is -3.48. The Morgan fingerprint density at radius 1 is 1.20 bits per heavy atom. The molecule has 186 valence electrons. The van der Waals surface area contributed by atoms with Crippen LogP contribution in [0.2, 0.25) is 0 Å². The van der Waals surface area contributed by atoms with E-state index in [1.54, 1.807) is 23.8 Å². The fraction of sp³-hybridized carbons (Fsp3) is 0.462. The number of nitrogens with two attached hydrogens (primary N) is 1. The molecule has 1 saturated heterocycles. The van der Waals surface area contributed by atoms with Gasteiger partial charge in [0, 0.05) is 37.9 Å². The highest BCUT2D eigenvalue weighted by Crippen LogP contribution is 2.42. The highest BCUT2D eigenvalue weighted by atomic mass is 16.5. The number of methoxy groups -OCH3 is 1. The molecule has 1 atom stereocenters. The van der Waals surface area contributed by atoms with Gasteiger partial charge in [-0.1, -0.05) is 6.07 Å². The molecule has 9 nitrogen and oxygen atoms in total. The molecule has 1 fully saturated rings. The summed E-state index contributed by atoms with van der Waals surface area (Å²) >= 11 is 0. The summed E-state index contributed by atoms with van der Waals surface area (Å²) in [6, 6.07) is 9.39. The van der Waals surface area contributed by atoms with E-state index in [-0.39, 0.29) is 17.0 Å². The maximum atomic E-state index is 13.8. The van der Waals surface area contributed by atoms with Crippen molar-refractivity contribution < 1.29 is 18.9 Å². The number of rotatable bonds is 8. The molecular formula is C26H32N4O5. The molecule has 0 radical (unpaired) electrons. The van der Waals surface area contributed by atoms with E-state index in [0.717, 1.165) is 45.0 Å². The first kappa shape index (κ1) is 24.6. The van der Waals surface area contributed by atoms with E-state index in [1.165, 1.54) is 0 Å². The van der Waals surface area contributed by atoms with Crippen LogP contribution in [0.4, 0.5) is 0 Å². The molecule has 0 amide bonds. The van der Waals surface area contributed by atoms with Gasteiger partial charge in [-0.15, -0.1) is 0 Å². The summed E-state index contributed by atoms with van der Waals surface area (Å²) in [5.74, 6) is 0.817. The van der Waals surface area contributed by atoms with Crippen LogP contribution in [0, 0.1) is 18.3 Å². The van der Waals surface area contributed by atoms with Crippen molar-refractivity contribution in [2.45, 2.75) is 32.7 Å². The number of aryl methyl sites for hydroxylation is 1. The molecule has 9 heteroatoms. The van der Waals surface area contributed by atoms with Crippen molar-refractivity contribution >= 4 is 0 Å². The van der Waals surface area contributed by atoms with Crippen LogP contribution in [-0.4, -0.2) is 56.0 Å². The summed E-state index contributed by atoms with van der Waals surface area (Å²) < 4.78 is 24.1. The topological polar surface area (TPSA) is 112 Å². The summed E-state index contributed by atoms with van der Waals surface area (Å²) in [5.41, 5.74) is 8.04. The summed E-state index contributed by atoms with van der Waals surface area (Å²) in [7, 11) is 1.56. The van der Waals surface area contributed by atoms with Crippen LogP contribution in [0.5, 0.6) is 17.2 Å². The van der Waals surface area contributed by atoms with E-state index in [2.05, 4.69) is 11.0 Å². The maximum Gasteiger partial charge on any atom is 0.258 e. The van der Waals surface area contributed by atoms with Crippen molar-refractivity contribution in [1.82, 2.24) is 9.47 Å².